The van der Waals surface area contributed by atoms with Gasteiger partial charge in [-0.25, -0.2) is 8.42 Å². The summed E-state index contributed by atoms with van der Waals surface area (Å²) in [7, 11) is -3.45. The largest absolute Gasteiger partial charge is 0.399 e. The van der Waals surface area contributed by atoms with Crippen LogP contribution < -0.4 is 10.5 Å². The first-order valence-electron chi connectivity index (χ1n) is 5.30. The number of nitrogens with zero attached hydrogens (tertiary/aromatic N) is 1. The second kappa shape index (κ2) is 5.05. The Bertz CT molecular complexity index is 627. The lowest BCUT2D eigenvalue weighted by Gasteiger charge is -2.07. The van der Waals surface area contributed by atoms with Crippen molar-refractivity contribution in [2.45, 2.75) is 5.75 Å². The molecule has 3 N–H and O–H groups in total. The summed E-state index contributed by atoms with van der Waals surface area (Å²) in [6, 6.07) is 10.1. The van der Waals surface area contributed by atoms with E-state index >= 15 is 0 Å². The molecule has 0 fully saturated rings. The van der Waals surface area contributed by atoms with Crippen LogP contribution in [0.1, 0.15) is 5.56 Å². The molecule has 0 radical (unpaired) electrons. The van der Waals surface area contributed by atoms with Crippen molar-refractivity contribution in [3.8, 4) is 0 Å². The summed E-state index contributed by atoms with van der Waals surface area (Å²) in [6.45, 7) is 0. The van der Waals surface area contributed by atoms with E-state index in [0.717, 1.165) is 0 Å². The van der Waals surface area contributed by atoms with E-state index in [0.29, 0.717) is 16.9 Å². The Balaban J connectivity index is 2.13. The number of benzene rings is 1. The van der Waals surface area contributed by atoms with Gasteiger partial charge < -0.3 is 5.73 Å². The number of rotatable bonds is 4. The lowest BCUT2D eigenvalue weighted by molar-refractivity contribution is 0.600. The van der Waals surface area contributed by atoms with E-state index in [1.165, 1.54) is 6.20 Å². The molecule has 0 bridgehead atoms. The average molecular weight is 263 g/mol. The monoisotopic (exact) mass is 263 g/mol. The van der Waals surface area contributed by atoms with Gasteiger partial charge in [-0.05, 0) is 29.8 Å². The van der Waals surface area contributed by atoms with Crippen LogP contribution in [0.3, 0.4) is 0 Å². The van der Waals surface area contributed by atoms with E-state index in [1.807, 2.05) is 0 Å². The molecule has 0 spiro atoms. The number of hydrogen-bond donors (Lipinski definition) is 2. The molecule has 0 aliphatic rings. The molecule has 2 aromatic rings. The Kier molecular flexibility index (Phi) is 3.47. The normalized spacial score (nSPS) is 11.1. The summed E-state index contributed by atoms with van der Waals surface area (Å²) in [4.78, 5) is 3.84. The van der Waals surface area contributed by atoms with Crippen molar-refractivity contribution in [1.82, 2.24) is 4.98 Å². The Hall–Kier alpha value is -2.08. The van der Waals surface area contributed by atoms with Gasteiger partial charge in [-0.3, -0.25) is 9.71 Å². The molecule has 18 heavy (non-hydrogen) atoms. The number of nitrogen functional groups attached to an aromatic ring is 1. The summed E-state index contributed by atoms with van der Waals surface area (Å²) in [6.07, 6.45) is 3.03. The van der Waals surface area contributed by atoms with Gasteiger partial charge in [-0.2, -0.15) is 0 Å². The number of hydrogen-bond acceptors (Lipinski definition) is 4. The van der Waals surface area contributed by atoms with Crippen LogP contribution in [0.15, 0.2) is 48.8 Å². The zero-order valence-electron chi connectivity index (χ0n) is 9.58. The molecular formula is C12H13N3O2S. The number of anilines is 2. The highest BCUT2D eigenvalue weighted by atomic mass is 32.2. The van der Waals surface area contributed by atoms with E-state index in [9.17, 15) is 8.42 Å². The summed E-state index contributed by atoms with van der Waals surface area (Å²) in [5.74, 6) is -0.118. The van der Waals surface area contributed by atoms with Gasteiger partial charge in [0, 0.05) is 11.9 Å². The molecule has 0 aliphatic heterocycles. The van der Waals surface area contributed by atoms with Gasteiger partial charge in [-0.15, -0.1) is 0 Å². The van der Waals surface area contributed by atoms with Gasteiger partial charge in [-0.1, -0.05) is 12.1 Å². The van der Waals surface area contributed by atoms with Gasteiger partial charge in [0.1, 0.15) is 0 Å². The average Bonchev–Trinajstić information content (AvgIpc) is 2.28. The number of sulfonamides is 1. The molecule has 0 saturated heterocycles. The van der Waals surface area contributed by atoms with Crippen LogP contribution >= 0.6 is 0 Å². The first kappa shape index (κ1) is 12.4. The van der Waals surface area contributed by atoms with Crippen LogP contribution in [-0.2, 0) is 15.8 Å². The molecule has 1 aromatic heterocycles. The van der Waals surface area contributed by atoms with Crippen LogP contribution in [0.2, 0.25) is 0 Å². The Morgan fingerprint density at radius 3 is 2.72 bits per heavy atom. The zero-order chi connectivity index (χ0) is 13.0. The molecule has 0 amide bonds. The third-order valence-corrected chi connectivity index (χ3v) is 3.50. The van der Waals surface area contributed by atoms with Crippen molar-refractivity contribution in [2.24, 2.45) is 0 Å². The second-order valence-corrected chi connectivity index (χ2v) is 5.57. The van der Waals surface area contributed by atoms with Crippen molar-refractivity contribution >= 4 is 21.4 Å². The minimum Gasteiger partial charge on any atom is -0.399 e. The van der Waals surface area contributed by atoms with Crippen LogP contribution in [0, 0.1) is 0 Å². The summed E-state index contributed by atoms with van der Waals surface area (Å²) < 4.78 is 26.3. The number of pyridine rings is 1. The van der Waals surface area contributed by atoms with E-state index in [-0.39, 0.29) is 5.75 Å². The summed E-state index contributed by atoms with van der Waals surface area (Å²) >= 11 is 0. The van der Waals surface area contributed by atoms with Crippen molar-refractivity contribution in [2.75, 3.05) is 10.5 Å². The first-order valence-corrected chi connectivity index (χ1v) is 6.95. The zero-order valence-corrected chi connectivity index (χ0v) is 10.4. The van der Waals surface area contributed by atoms with Gasteiger partial charge in [0.05, 0.1) is 17.6 Å². The van der Waals surface area contributed by atoms with Crippen molar-refractivity contribution in [3.63, 3.8) is 0 Å². The maximum Gasteiger partial charge on any atom is 0.236 e. The smallest absolute Gasteiger partial charge is 0.236 e. The maximum atomic E-state index is 11.9. The SMILES string of the molecule is Nc1cccc(CS(=O)(=O)Nc2cccnc2)c1. The minimum absolute atomic E-state index is 0.118. The highest BCUT2D eigenvalue weighted by Gasteiger charge is 2.11. The molecule has 1 heterocycles. The van der Waals surface area contributed by atoms with Crippen molar-refractivity contribution in [1.29, 1.82) is 0 Å². The molecule has 0 unspecified atom stereocenters. The predicted molar refractivity (Wildman–Crippen MR) is 71.3 cm³/mol. The number of nitrogens with two attached hydrogens (primary N) is 1. The van der Waals surface area contributed by atoms with Crippen LogP contribution in [0.5, 0.6) is 0 Å². The fourth-order valence-electron chi connectivity index (χ4n) is 1.54. The summed E-state index contributed by atoms with van der Waals surface area (Å²) in [5, 5.41) is 0. The summed E-state index contributed by atoms with van der Waals surface area (Å²) in [5.41, 5.74) is 7.24. The van der Waals surface area contributed by atoms with E-state index in [1.54, 1.807) is 42.6 Å². The molecule has 6 heteroatoms. The molecule has 0 aliphatic carbocycles. The van der Waals surface area contributed by atoms with Gasteiger partial charge in [0.25, 0.3) is 0 Å². The highest BCUT2D eigenvalue weighted by Crippen LogP contribution is 2.13. The lowest BCUT2D eigenvalue weighted by Crippen LogP contribution is -2.15. The minimum atomic E-state index is -3.45. The Labute approximate surface area is 106 Å². The molecule has 94 valence electrons. The predicted octanol–water partition coefficient (Wildman–Crippen LogP) is 1.61. The fourth-order valence-corrected chi connectivity index (χ4v) is 2.71. The van der Waals surface area contributed by atoms with E-state index in [2.05, 4.69) is 9.71 Å². The van der Waals surface area contributed by atoms with Crippen molar-refractivity contribution < 1.29 is 8.42 Å². The third-order valence-electron chi connectivity index (χ3n) is 2.24. The van der Waals surface area contributed by atoms with Crippen LogP contribution in [0.4, 0.5) is 11.4 Å². The van der Waals surface area contributed by atoms with Gasteiger partial charge >= 0.3 is 0 Å². The second-order valence-electron chi connectivity index (χ2n) is 3.85. The van der Waals surface area contributed by atoms with Crippen molar-refractivity contribution in [3.05, 3.63) is 54.4 Å². The highest BCUT2D eigenvalue weighted by molar-refractivity contribution is 7.91. The fraction of sp³-hybridized carbons (Fsp3) is 0.0833. The van der Waals surface area contributed by atoms with Crippen LogP contribution in [-0.4, -0.2) is 13.4 Å². The van der Waals surface area contributed by atoms with E-state index in [4.69, 9.17) is 5.73 Å². The first-order chi connectivity index (χ1) is 8.55. The van der Waals surface area contributed by atoms with Gasteiger partial charge in [0.2, 0.25) is 10.0 Å². The molecule has 1 aromatic carbocycles. The van der Waals surface area contributed by atoms with Crippen LogP contribution in [0.25, 0.3) is 0 Å². The molecule has 0 atom stereocenters. The van der Waals surface area contributed by atoms with E-state index < -0.39 is 10.0 Å². The molecule has 2 rings (SSSR count). The number of aromatic nitrogens is 1. The molecule has 5 nitrogen and oxygen atoms in total. The Morgan fingerprint density at radius 2 is 2.06 bits per heavy atom. The lowest BCUT2D eigenvalue weighted by atomic mass is 10.2. The number of nitrogens with one attached hydrogen (secondary N) is 1. The standard InChI is InChI=1S/C12H13N3O2S/c13-11-4-1-3-10(7-11)9-18(16,17)15-12-5-2-6-14-8-12/h1-8,15H,9,13H2. The molecular weight excluding hydrogens is 250 g/mol. The molecule has 0 saturated carbocycles. The quantitative estimate of drug-likeness (QED) is 0.821. The topological polar surface area (TPSA) is 85.1 Å². The Morgan fingerprint density at radius 1 is 1.22 bits per heavy atom. The maximum absolute atomic E-state index is 11.9. The van der Waals surface area contributed by atoms with Gasteiger partial charge in [0.15, 0.2) is 0 Å². The third kappa shape index (κ3) is 3.46.